The zero-order chi connectivity index (χ0) is 9.68. The maximum absolute atomic E-state index is 3.87. The van der Waals surface area contributed by atoms with Crippen molar-refractivity contribution in [2.45, 2.75) is 52.4 Å². The van der Waals surface area contributed by atoms with E-state index in [0.717, 1.165) is 17.8 Å². The fourth-order valence-electron chi connectivity index (χ4n) is 2.81. The van der Waals surface area contributed by atoms with Gasteiger partial charge in [-0.2, -0.15) is 0 Å². The van der Waals surface area contributed by atoms with Gasteiger partial charge in [0.05, 0.1) is 0 Å². The maximum Gasteiger partial charge on any atom is -0.0322 e. The highest BCUT2D eigenvalue weighted by atomic mass is 14.3. The molecule has 76 valence electrons. The summed E-state index contributed by atoms with van der Waals surface area (Å²) in [6.07, 6.45) is 10.5. The van der Waals surface area contributed by atoms with E-state index in [9.17, 15) is 0 Å². The molecule has 0 bridgehead atoms. The van der Waals surface area contributed by atoms with Crippen LogP contribution in [0, 0.1) is 17.8 Å². The van der Waals surface area contributed by atoms with Crippen LogP contribution in [0.5, 0.6) is 0 Å². The maximum atomic E-state index is 3.87. The molecule has 0 amide bonds. The van der Waals surface area contributed by atoms with Gasteiger partial charge in [-0.05, 0) is 37.0 Å². The van der Waals surface area contributed by atoms with Gasteiger partial charge >= 0.3 is 0 Å². The van der Waals surface area contributed by atoms with Crippen molar-refractivity contribution in [1.82, 2.24) is 0 Å². The topological polar surface area (TPSA) is 0 Å². The van der Waals surface area contributed by atoms with E-state index in [4.69, 9.17) is 0 Å². The molecule has 1 fully saturated rings. The van der Waals surface area contributed by atoms with Crippen LogP contribution in [0.3, 0.4) is 0 Å². The number of allylic oxidation sites excluding steroid dienone is 1. The molecule has 0 N–H and O–H groups in total. The molecule has 0 aromatic carbocycles. The van der Waals surface area contributed by atoms with Crippen LogP contribution in [0.1, 0.15) is 52.4 Å². The quantitative estimate of drug-likeness (QED) is 0.550. The molecule has 13 heavy (non-hydrogen) atoms. The van der Waals surface area contributed by atoms with E-state index in [1.165, 1.54) is 38.5 Å². The van der Waals surface area contributed by atoms with E-state index in [2.05, 4.69) is 26.5 Å². The lowest BCUT2D eigenvalue weighted by molar-refractivity contribution is 0.311. The molecule has 0 aromatic rings. The molecule has 0 radical (unpaired) electrons. The van der Waals surface area contributed by atoms with Crippen molar-refractivity contribution in [3.63, 3.8) is 0 Å². The molecule has 0 saturated heterocycles. The lowest BCUT2D eigenvalue weighted by atomic mass is 9.84. The van der Waals surface area contributed by atoms with Gasteiger partial charge in [-0.15, -0.1) is 6.58 Å². The van der Waals surface area contributed by atoms with Crippen molar-refractivity contribution >= 4 is 0 Å². The second kappa shape index (κ2) is 5.47. The normalized spacial score (nSPS) is 30.3. The van der Waals surface area contributed by atoms with Gasteiger partial charge in [-0.3, -0.25) is 0 Å². The van der Waals surface area contributed by atoms with Gasteiger partial charge in [0.15, 0.2) is 0 Å². The molecule has 0 aliphatic heterocycles. The fraction of sp³-hybridized carbons (Fsp3) is 0.846. The first kappa shape index (κ1) is 10.8. The lowest BCUT2D eigenvalue weighted by Gasteiger charge is -2.21. The lowest BCUT2D eigenvalue weighted by Crippen LogP contribution is -2.11. The number of hydrogen-bond acceptors (Lipinski definition) is 0. The van der Waals surface area contributed by atoms with Crippen LogP contribution in [0.15, 0.2) is 12.7 Å². The first-order chi connectivity index (χ1) is 6.27. The van der Waals surface area contributed by atoms with E-state index in [1.54, 1.807) is 0 Å². The highest BCUT2D eigenvalue weighted by molar-refractivity contribution is 4.83. The molecule has 3 atom stereocenters. The Morgan fingerprint density at radius 1 is 1.46 bits per heavy atom. The Bertz CT molecular complexity index is 148. The highest BCUT2D eigenvalue weighted by Gasteiger charge is 2.27. The van der Waals surface area contributed by atoms with Gasteiger partial charge in [0.1, 0.15) is 0 Å². The molecule has 1 aliphatic carbocycles. The second-order valence-electron chi connectivity index (χ2n) is 4.75. The van der Waals surface area contributed by atoms with Crippen molar-refractivity contribution in [2.24, 2.45) is 17.8 Å². The molecule has 1 aliphatic rings. The van der Waals surface area contributed by atoms with E-state index in [0.29, 0.717) is 0 Å². The minimum absolute atomic E-state index is 0.937. The van der Waals surface area contributed by atoms with Crippen molar-refractivity contribution < 1.29 is 0 Å². The first-order valence-corrected chi connectivity index (χ1v) is 5.88. The predicted octanol–water partition coefficient (Wildman–Crippen LogP) is 4.42. The smallest absolute Gasteiger partial charge is 0.0322 e. The summed E-state index contributed by atoms with van der Waals surface area (Å²) in [6.45, 7) is 8.57. The second-order valence-corrected chi connectivity index (χ2v) is 4.75. The predicted molar refractivity (Wildman–Crippen MR) is 59.7 cm³/mol. The van der Waals surface area contributed by atoms with Crippen LogP contribution in [0.25, 0.3) is 0 Å². The summed E-state index contributed by atoms with van der Waals surface area (Å²) in [4.78, 5) is 0. The first-order valence-electron chi connectivity index (χ1n) is 5.88. The van der Waals surface area contributed by atoms with Crippen molar-refractivity contribution in [3.05, 3.63) is 12.7 Å². The average molecular weight is 180 g/mol. The third-order valence-electron chi connectivity index (χ3n) is 3.53. The van der Waals surface area contributed by atoms with E-state index >= 15 is 0 Å². The molecule has 0 spiro atoms. The highest BCUT2D eigenvalue weighted by Crippen LogP contribution is 2.38. The SMILES string of the molecule is C=CCC(CCC)C1CCC(C)C1. The number of rotatable bonds is 5. The Morgan fingerprint density at radius 3 is 2.69 bits per heavy atom. The molecular formula is C13H24. The molecular weight excluding hydrogens is 156 g/mol. The van der Waals surface area contributed by atoms with Crippen LogP contribution in [0.4, 0.5) is 0 Å². The summed E-state index contributed by atoms with van der Waals surface area (Å²) >= 11 is 0. The Labute approximate surface area is 83.4 Å². The van der Waals surface area contributed by atoms with Crippen molar-refractivity contribution in [3.8, 4) is 0 Å². The minimum atomic E-state index is 0.937. The van der Waals surface area contributed by atoms with E-state index < -0.39 is 0 Å². The Hall–Kier alpha value is -0.260. The average Bonchev–Trinajstić information content (AvgIpc) is 2.51. The summed E-state index contributed by atoms with van der Waals surface area (Å²) in [6, 6.07) is 0. The fourth-order valence-corrected chi connectivity index (χ4v) is 2.81. The van der Waals surface area contributed by atoms with Crippen LogP contribution < -0.4 is 0 Å². The molecule has 0 aromatic heterocycles. The van der Waals surface area contributed by atoms with Gasteiger partial charge in [0, 0.05) is 0 Å². The van der Waals surface area contributed by atoms with E-state index in [-0.39, 0.29) is 0 Å². The summed E-state index contributed by atoms with van der Waals surface area (Å²) in [5.41, 5.74) is 0. The molecule has 0 heterocycles. The largest absolute Gasteiger partial charge is 0.103 e. The molecule has 1 rings (SSSR count). The molecule has 3 unspecified atom stereocenters. The van der Waals surface area contributed by atoms with Gasteiger partial charge in [0.25, 0.3) is 0 Å². The Kier molecular flexibility index (Phi) is 4.55. The zero-order valence-corrected chi connectivity index (χ0v) is 9.26. The van der Waals surface area contributed by atoms with Crippen LogP contribution in [0.2, 0.25) is 0 Å². The van der Waals surface area contributed by atoms with Gasteiger partial charge in [0.2, 0.25) is 0 Å². The summed E-state index contributed by atoms with van der Waals surface area (Å²) < 4.78 is 0. The van der Waals surface area contributed by atoms with Gasteiger partial charge in [-0.25, -0.2) is 0 Å². The van der Waals surface area contributed by atoms with Crippen LogP contribution in [-0.2, 0) is 0 Å². The van der Waals surface area contributed by atoms with Gasteiger partial charge in [-0.1, -0.05) is 39.2 Å². The van der Waals surface area contributed by atoms with E-state index in [1.807, 2.05) is 0 Å². The van der Waals surface area contributed by atoms with Crippen LogP contribution in [-0.4, -0.2) is 0 Å². The van der Waals surface area contributed by atoms with Gasteiger partial charge < -0.3 is 0 Å². The summed E-state index contributed by atoms with van der Waals surface area (Å²) in [5, 5.41) is 0. The molecule has 0 heteroatoms. The monoisotopic (exact) mass is 180 g/mol. The third-order valence-corrected chi connectivity index (χ3v) is 3.53. The molecule has 1 saturated carbocycles. The van der Waals surface area contributed by atoms with Crippen molar-refractivity contribution in [2.75, 3.05) is 0 Å². The Morgan fingerprint density at radius 2 is 2.23 bits per heavy atom. The summed E-state index contributed by atoms with van der Waals surface area (Å²) in [7, 11) is 0. The molecule has 0 nitrogen and oxygen atoms in total. The zero-order valence-electron chi connectivity index (χ0n) is 9.26. The summed E-state index contributed by atoms with van der Waals surface area (Å²) in [5.74, 6) is 2.93. The third kappa shape index (κ3) is 3.17. The standard InChI is InChI=1S/C13H24/c1-4-6-12(7-5-2)13-9-8-11(3)10-13/h4,11-13H,1,5-10H2,2-3H3. The minimum Gasteiger partial charge on any atom is -0.103 e. The van der Waals surface area contributed by atoms with Crippen LogP contribution >= 0.6 is 0 Å². The number of hydrogen-bond donors (Lipinski definition) is 0. The van der Waals surface area contributed by atoms with Crippen molar-refractivity contribution in [1.29, 1.82) is 0 Å². The Balaban J connectivity index is 2.39.